The molecule has 0 saturated heterocycles. The molecule has 6 heteroatoms. The summed E-state index contributed by atoms with van der Waals surface area (Å²) in [4.78, 5) is 11.9. The van der Waals surface area contributed by atoms with Crippen LogP contribution in [0.2, 0.25) is 5.02 Å². The first-order chi connectivity index (χ1) is 10.2. The van der Waals surface area contributed by atoms with Crippen LogP contribution in [-0.4, -0.2) is 19.5 Å². The van der Waals surface area contributed by atoms with E-state index in [1.165, 1.54) is 12.8 Å². The fraction of sp³-hybridized carbons (Fsp3) is 0.333. The monoisotopic (exact) mass is 301 g/mol. The topological polar surface area (TPSA) is 72.5 Å². The molecule has 2 aromatic heterocycles. The molecule has 0 aliphatic heterocycles. The molecule has 1 aliphatic rings. The van der Waals surface area contributed by atoms with E-state index in [-0.39, 0.29) is 6.04 Å². The van der Waals surface area contributed by atoms with E-state index in [1.54, 1.807) is 12.5 Å². The van der Waals surface area contributed by atoms with Gasteiger partial charge >= 0.3 is 0 Å². The van der Waals surface area contributed by atoms with Gasteiger partial charge in [0.05, 0.1) is 23.4 Å². The van der Waals surface area contributed by atoms with Crippen LogP contribution in [0.5, 0.6) is 0 Å². The second kappa shape index (κ2) is 4.86. The van der Waals surface area contributed by atoms with Gasteiger partial charge in [0.25, 0.3) is 0 Å². The highest BCUT2D eigenvalue weighted by atomic mass is 35.5. The first kappa shape index (κ1) is 12.9. The number of nitrogens with one attached hydrogen (secondary N) is 1. The second-order valence-electron chi connectivity index (χ2n) is 5.59. The van der Waals surface area contributed by atoms with E-state index in [2.05, 4.69) is 14.5 Å². The Kier molecular flexibility index (Phi) is 2.97. The van der Waals surface area contributed by atoms with Crippen molar-refractivity contribution in [1.29, 1.82) is 0 Å². The van der Waals surface area contributed by atoms with E-state index >= 15 is 0 Å². The lowest BCUT2D eigenvalue weighted by atomic mass is 10.1. The van der Waals surface area contributed by atoms with Crippen LogP contribution in [0.15, 0.2) is 30.7 Å². The third-order valence-electron chi connectivity index (χ3n) is 3.92. The van der Waals surface area contributed by atoms with Crippen LogP contribution in [0.4, 0.5) is 0 Å². The zero-order valence-electron chi connectivity index (χ0n) is 11.5. The fourth-order valence-corrected chi connectivity index (χ4v) is 2.96. The van der Waals surface area contributed by atoms with E-state index in [0.29, 0.717) is 17.5 Å². The SMILES string of the molecule is NC(Cc1cnc[nH]1)c1nc2cc(Cl)ccc2n1C1CC1. The van der Waals surface area contributed by atoms with Crippen LogP contribution in [0.1, 0.15) is 36.4 Å². The lowest BCUT2D eigenvalue weighted by Gasteiger charge is -2.13. The molecule has 21 heavy (non-hydrogen) atoms. The molecule has 108 valence electrons. The summed E-state index contributed by atoms with van der Waals surface area (Å²) in [6, 6.07) is 6.22. The third-order valence-corrected chi connectivity index (χ3v) is 4.15. The van der Waals surface area contributed by atoms with Crippen LogP contribution in [0.3, 0.4) is 0 Å². The number of fused-ring (bicyclic) bond motifs is 1. The van der Waals surface area contributed by atoms with Crippen molar-refractivity contribution < 1.29 is 0 Å². The molecule has 1 atom stereocenters. The largest absolute Gasteiger partial charge is 0.348 e. The van der Waals surface area contributed by atoms with Crippen LogP contribution < -0.4 is 5.73 Å². The lowest BCUT2D eigenvalue weighted by Crippen LogP contribution is -2.19. The predicted molar refractivity (Wildman–Crippen MR) is 82.2 cm³/mol. The number of hydrogen-bond donors (Lipinski definition) is 2. The number of benzene rings is 1. The average Bonchev–Trinajstić information content (AvgIpc) is 3.03. The number of rotatable bonds is 4. The number of nitrogens with two attached hydrogens (primary N) is 1. The maximum atomic E-state index is 6.39. The number of nitrogens with zero attached hydrogens (tertiary/aromatic N) is 3. The molecular weight excluding hydrogens is 286 g/mol. The Morgan fingerprint density at radius 2 is 2.29 bits per heavy atom. The number of H-pyrrole nitrogens is 1. The van der Waals surface area contributed by atoms with Gasteiger partial charge in [0.15, 0.2) is 0 Å². The Hall–Kier alpha value is -1.85. The summed E-state index contributed by atoms with van der Waals surface area (Å²) in [5.41, 5.74) is 9.46. The van der Waals surface area contributed by atoms with Gasteiger partial charge in [-0.15, -0.1) is 0 Å². The third kappa shape index (κ3) is 2.32. The molecule has 0 spiro atoms. The van der Waals surface area contributed by atoms with Gasteiger partial charge in [-0.25, -0.2) is 9.97 Å². The Bertz CT molecular complexity index is 773. The van der Waals surface area contributed by atoms with Crippen molar-refractivity contribution in [2.75, 3.05) is 0 Å². The molecule has 1 fully saturated rings. The Balaban J connectivity index is 1.77. The normalized spacial score (nSPS) is 16.5. The zero-order valence-corrected chi connectivity index (χ0v) is 12.2. The maximum Gasteiger partial charge on any atom is 0.127 e. The number of aromatic amines is 1. The lowest BCUT2D eigenvalue weighted by molar-refractivity contribution is 0.597. The summed E-state index contributed by atoms with van der Waals surface area (Å²) in [7, 11) is 0. The molecule has 0 amide bonds. The predicted octanol–water partition coefficient (Wildman–Crippen LogP) is 2.99. The maximum absolute atomic E-state index is 6.39. The highest BCUT2D eigenvalue weighted by molar-refractivity contribution is 6.31. The summed E-state index contributed by atoms with van der Waals surface area (Å²) in [6.07, 6.45) is 6.56. The van der Waals surface area contributed by atoms with Crippen LogP contribution in [-0.2, 0) is 6.42 Å². The van der Waals surface area contributed by atoms with Gasteiger partial charge in [0, 0.05) is 29.4 Å². The second-order valence-corrected chi connectivity index (χ2v) is 6.03. The molecule has 1 aromatic carbocycles. The molecule has 2 heterocycles. The number of hydrogen-bond acceptors (Lipinski definition) is 3. The van der Waals surface area contributed by atoms with Gasteiger partial charge in [-0.05, 0) is 31.0 Å². The highest BCUT2D eigenvalue weighted by Crippen LogP contribution is 2.40. The Morgan fingerprint density at radius 1 is 1.43 bits per heavy atom. The van der Waals surface area contributed by atoms with Crippen molar-refractivity contribution in [3.8, 4) is 0 Å². The van der Waals surface area contributed by atoms with Crippen molar-refractivity contribution in [3.63, 3.8) is 0 Å². The van der Waals surface area contributed by atoms with Gasteiger partial charge in [0.1, 0.15) is 5.82 Å². The highest BCUT2D eigenvalue weighted by Gasteiger charge is 2.30. The summed E-state index contributed by atoms with van der Waals surface area (Å²) >= 11 is 6.08. The van der Waals surface area contributed by atoms with Gasteiger partial charge in [-0.1, -0.05) is 11.6 Å². The summed E-state index contributed by atoms with van der Waals surface area (Å²) in [5.74, 6) is 0.935. The first-order valence-electron chi connectivity index (χ1n) is 7.12. The average molecular weight is 302 g/mol. The minimum Gasteiger partial charge on any atom is -0.348 e. The number of imidazole rings is 2. The van der Waals surface area contributed by atoms with E-state index in [9.17, 15) is 0 Å². The van der Waals surface area contributed by atoms with Crippen molar-refractivity contribution in [2.24, 2.45) is 5.73 Å². The molecule has 4 rings (SSSR count). The van der Waals surface area contributed by atoms with Gasteiger partial charge in [-0.3, -0.25) is 0 Å². The van der Waals surface area contributed by atoms with Gasteiger partial charge < -0.3 is 15.3 Å². The summed E-state index contributed by atoms with van der Waals surface area (Å²) in [6.45, 7) is 0. The molecule has 0 radical (unpaired) electrons. The Morgan fingerprint density at radius 3 is 3.00 bits per heavy atom. The van der Waals surface area contributed by atoms with Crippen LogP contribution in [0.25, 0.3) is 11.0 Å². The van der Waals surface area contributed by atoms with Gasteiger partial charge in [0.2, 0.25) is 0 Å². The smallest absolute Gasteiger partial charge is 0.127 e. The minimum atomic E-state index is -0.155. The fourth-order valence-electron chi connectivity index (χ4n) is 2.79. The molecule has 3 aromatic rings. The van der Waals surface area contributed by atoms with Crippen molar-refractivity contribution in [1.82, 2.24) is 19.5 Å². The van der Waals surface area contributed by atoms with Crippen LogP contribution in [0, 0.1) is 0 Å². The number of halogens is 1. The van der Waals surface area contributed by atoms with E-state index in [0.717, 1.165) is 22.6 Å². The summed E-state index contributed by atoms with van der Waals surface area (Å²) in [5, 5.41) is 0.705. The zero-order chi connectivity index (χ0) is 14.4. The minimum absolute atomic E-state index is 0.155. The standard InChI is InChI=1S/C15H16ClN5/c16-9-1-4-14-13(5-9)20-15(21(14)11-2-3-11)12(17)6-10-7-18-8-19-10/h1,4-5,7-8,11-12H,2-3,6,17H2,(H,18,19). The van der Waals surface area contributed by atoms with Crippen molar-refractivity contribution in [2.45, 2.75) is 31.3 Å². The summed E-state index contributed by atoms with van der Waals surface area (Å²) < 4.78 is 2.28. The molecule has 3 N–H and O–H groups in total. The quantitative estimate of drug-likeness (QED) is 0.778. The van der Waals surface area contributed by atoms with Gasteiger partial charge in [-0.2, -0.15) is 0 Å². The molecule has 1 saturated carbocycles. The molecule has 0 bridgehead atoms. The van der Waals surface area contributed by atoms with E-state index in [1.807, 2.05) is 18.2 Å². The van der Waals surface area contributed by atoms with E-state index < -0.39 is 0 Å². The molecule has 1 aliphatic carbocycles. The van der Waals surface area contributed by atoms with E-state index in [4.69, 9.17) is 22.3 Å². The first-order valence-corrected chi connectivity index (χ1v) is 7.50. The van der Waals surface area contributed by atoms with Crippen LogP contribution >= 0.6 is 11.6 Å². The molecule has 5 nitrogen and oxygen atoms in total. The molecular formula is C15H16ClN5. The Labute approximate surface area is 127 Å². The van der Waals surface area contributed by atoms with Crippen molar-refractivity contribution >= 4 is 22.6 Å². The van der Waals surface area contributed by atoms with Crippen molar-refractivity contribution in [3.05, 3.63) is 47.3 Å². The number of aromatic nitrogens is 4. The molecule has 1 unspecified atom stereocenters.